The SMILES string of the molecule is COc1cc(Cl)cc2[nH]c(=S)oc12.COc1cc(Cl)cc2nc(N3CCNC[C@@H]3C)oc12. The van der Waals surface area contributed by atoms with E-state index in [1.54, 1.807) is 38.5 Å². The first-order valence-electron chi connectivity index (χ1n) is 9.87. The average Bonchev–Trinajstić information content (AvgIpc) is 3.35. The molecule has 0 radical (unpaired) electrons. The van der Waals surface area contributed by atoms with Gasteiger partial charge in [-0.1, -0.05) is 23.2 Å². The monoisotopic (exact) mass is 496 g/mol. The van der Waals surface area contributed by atoms with E-state index in [1.807, 2.05) is 0 Å². The summed E-state index contributed by atoms with van der Waals surface area (Å²) in [5, 5.41) is 4.52. The first kappa shape index (κ1) is 22.7. The Labute approximate surface area is 199 Å². The molecule has 1 fully saturated rings. The van der Waals surface area contributed by atoms with Crippen molar-refractivity contribution in [3.8, 4) is 11.5 Å². The molecule has 1 saturated heterocycles. The molecule has 2 N–H and O–H groups in total. The number of rotatable bonds is 3. The Bertz CT molecular complexity index is 1300. The third kappa shape index (κ3) is 4.66. The smallest absolute Gasteiger partial charge is 0.298 e. The van der Waals surface area contributed by atoms with Crippen molar-refractivity contribution < 1.29 is 18.3 Å². The summed E-state index contributed by atoms with van der Waals surface area (Å²) < 4.78 is 21.4. The molecule has 32 heavy (non-hydrogen) atoms. The molecule has 0 saturated carbocycles. The highest BCUT2D eigenvalue weighted by atomic mass is 35.5. The van der Waals surface area contributed by atoms with Crippen LogP contribution in [0.3, 0.4) is 0 Å². The molecule has 0 bridgehead atoms. The summed E-state index contributed by atoms with van der Waals surface area (Å²) in [5.41, 5.74) is 2.71. The normalized spacial score (nSPS) is 16.2. The Morgan fingerprint density at radius 1 is 1.06 bits per heavy atom. The number of hydrogen-bond acceptors (Lipinski definition) is 8. The van der Waals surface area contributed by atoms with Crippen molar-refractivity contribution >= 4 is 63.6 Å². The number of methoxy groups -OCH3 is 2. The molecule has 1 aliphatic rings. The van der Waals surface area contributed by atoms with Gasteiger partial charge in [-0.15, -0.1) is 0 Å². The molecule has 0 spiro atoms. The molecule has 5 rings (SSSR count). The lowest BCUT2D eigenvalue weighted by Crippen LogP contribution is -2.50. The van der Waals surface area contributed by atoms with Crippen molar-refractivity contribution in [1.82, 2.24) is 15.3 Å². The summed E-state index contributed by atoms with van der Waals surface area (Å²) in [7, 11) is 3.15. The van der Waals surface area contributed by atoms with Crippen molar-refractivity contribution in [2.45, 2.75) is 13.0 Å². The largest absolute Gasteiger partial charge is 0.493 e. The molecule has 4 aromatic rings. The van der Waals surface area contributed by atoms with E-state index in [4.69, 9.17) is 53.7 Å². The highest BCUT2D eigenvalue weighted by Gasteiger charge is 2.23. The lowest BCUT2D eigenvalue weighted by Gasteiger charge is -2.32. The van der Waals surface area contributed by atoms with E-state index < -0.39 is 0 Å². The number of halogens is 2. The Kier molecular flexibility index (Phi) is 6.80. The second-order valence-electron chi connectivity index (χ2n) is 7.20. The van der Waals surface area contributed by atoms with E-state index in [9.17, 15) is 0 Å². The zero-order valence-electron chi connectivity index (χ0n) is 17.7. The fourth-order valence-electron chi connectivity index (χ4n) is 3.50. The summed E-state index contributed by atoms with van der Waals surface area (Å²) >= 11 is 16.7. The molecular formula is C21H22Cl2N4O4S. The number of fused-ring (bicyclic) bond motifs is 2. The van der Waals surface area contributed by atoms with Crippen LogP contribution in [-0.4, -0.2) is 49.9 Å². The number of ether oxygens (including phenoxy) is 2. The number of hydrogen-bond donors (Lipinski definition) is 2. The van der Waals surface area contributed by atoms with Crippen LogP contribution in [0.4, 0.5) is 6.01 Å². The van der Waals surface area contributed by atoms with Crippen molar-refractivity contribution in [3.63, 3.8) is 0 Å². The number of piperazine rings is 1. The summed E-state index contributed by atoms with van der Waals surface area (Å²) in [5.74, 6) is 1.19. The molecule has 170 valence electrons. The third-order valence-corrected chi connectivity index (χ3v) is 5.67. The average molecular weight is 497 g/mol. The molecule has 1 aliphatic heterocycles. The van der Waals surface area contributed by atoms with Gasteiger partial charge in [0, 0.05) is 47.9 Å². The number of oxazole rings is 2. The number of nitrogens with zero attached hydrogens (tertiary/aromatic N) is 2. The highest BCUT2D eigenvalue weighted by Crippen LogP contribution is 2.33. The van der Waals surface area contributed by atoms with Gasteiger partial charge in [0.25, 0.3) is 10.9 Å². The number of aromatic amines is 1. The minimum Gasteiger partial charge on any atom is -0.493 e. The second kappa shape index (κ2) is 9.58. The van der Waals surface area contributed by atoms with E-state index in [0.717, 1.165) is 30.7 Å². The van der Waals surface area contributed by atoms with Gasteiger partial charge in [0.05, 0.1) is 19.7 Å². The number of aromatic nitrogens is 2. The molecule has 2 aromatic heterocycles. The van der Waals surface area contributed by atoms with Crippen molar-refractivity contribution in [2.24, 2.45) is 0 Å². The summed E-state index contributed by atoms with van der Waals surface area (Å²) in [6.07, 6.45) is 0. The summed E-state index contributed by atoms with van der Waals surface area (Å²) in [6, 6.07) is 7.92. The Balaban J connectivity index is 0.000000165. The first-order chi connectivity index (χ1) is 15.4. The fourth-order valence-corrected chi connectivity index (χ4v) is 4.11. The van der Waals surface area contributed by atoms with Crippen LogP contribution in [0, 0.1) is 4.84 Å². The van der Waals surface area contributed by atoms with Crippen LogP contribution in [-0.2, 0) is 0 Å². The minimum absolute atomic E-state index is 0.315. The van der Waals surface area contributed by atoms with Crippen LogP contribution >= 0.6 is 35.4 Å². The van der Waals surface area contributed by atoms with Crippen LogP contribution in [0.5, 0.6) is 11.5 Å². The van der Waals surface area contributed by atoms with Crippen LogP contribution < -0.4 is 19.7 Å². The Morgan fingerprint density at radius 2 is 1.75 bits per heavy atom. The van der Waals surface area contributed by atoms with Gasteiger partial charge in [0.2, 0.25) is 0 Å². The van der Waals surface area contributed by atoms with Crippen molar-refractivity contribution in [2.75, 3.05) is 38.8 Å². The predicted molar refractivity (Wildman–Crippen MR) is 128 cm³/mol. The molecule has 8 nitrogen and oxygen atoms in total. The van der Waals surface area contributed by atoms with Crippen LogP contribution in [0.1, 0.15) is 6.92 Å². The van der Waals surface area contributed by atoms with E-state index in [1.165, 1.54) is 0 Å². The fraction of sp³-hybridized carbons (Fsp3) is 0.333. The minimum atomic E-state index is 0.315. The first-order valence-corrected chi connectivity index (χ1v) is 11.0. The van der Waals surface area contributed by atoms with Crippen LogP contribution in [0.2, 0.25) is 10.0 Å². The van der Waals surface area contributed by atoms with Crippen molar-refractivity contribution in [3.05, 3.63) is 39.1 Å². The Morgan fingerprint density at radius 3 is 2.44 bits per heavy atom. The lowest BCUT2D eigenvalue weighted by atomic mass is 10.2. The molecule has 0 amide bonds. The Hall–Kier alpha value is -2.46. The molecule has 0 aliphatic carbocycles. The van der Waals surface area contributed by atoms with Gasteiger partial charge in [-0.25, -0.2) is 0 Å². The van der Waals surface area contributed by atoms with Gasteiger partial charge < -0.3 is 33.5 Å². The van der Waals surface area contributed by atoms with E-state index in [0.29, 0.717) is 49.6 Å². The molecule has 11 heteroatoms. The number of nitrogens with one attached hydrogen (secondary N) is 2. The van der Waals surface area contributed by atoms with Gasteiger partial charge in [0.1, 0.15) is 5.52 Å². The maximum absolute atomic E-state index is 6.04. The standard InChI is InChI=1S/C13H16ClN3O2.C8H6ClNO2S/c1-8-7-15-3-4-17(8)13-16-10-5-9(14)6-11(18-2)12(10)19-13;1-11-6-3-4(9)2-5-7(6)12-8(13)10-5/h5-6,8,15H,3-4,7H2,1-2H3;2-3H,1H3,(H,10,13)/t8-;/m0./s1. The van der Waals surface area contributed by atoms with Gasteiger partial charge >= 0.3 is 0 Å². The molecule has 3 heterocycles. The van der Waals surface area contributed by atoms with E-state index >= 15 is 0 Å². The molecular weight excluding hydrogens is 475 g/mol. The second-order valence-corrected chi connectivity index (χ2v) is 8.44. The molecule has 1 atom stereocenters. The number of H-pyrrole nitrogens is 1. The molecule has 2 aromatic carbocycles. The van der Waals surface area contributed by atoms with Gasteiger partial charge in [0.15, 0.2) is 22.7 Å². The number of benzene rings is 2. The summed E-state index contributed by atoms with van der Waals surface area (Å²) in [4.78, 5) is 9.85. The molecule has 0 unspecified atom stereocenters. The quantitative estimate of drug-likeness (QED) is 0.362. The topological polar surface area (TPSA) is 88.7 Å². The zero-order chi connectivity index (χ0) is 22.8. The lowest BCUT2D eigenvalue weighted by molar-refractivity contribution is 0.406. The van der Waals surface area contributed by atoms with Crippen LogP contribution in [0.15, 0.2) is 33.1 Å². The number of anilines is 1. The van der Waals surface area contributed by atoms with Gasteiger partial charge in [-0.2, -0.15) is 4.98 Å². The maximum Gasteiger partial charge on any atom is 0.298 e. The highest BCUT2D eigenvalue weighted by molar-refractivity contribution is 7.71. The van der Waals surface area contributed by atoms with E-state index in [-0.39, 0.29) is 0 Å². The third-order valence-electron chi connectivity index (χ3n) is 5.05. The van der Waals surface area contributed by atoms with Gasteiger partial charge in [-0.3, -0.25) is 0 Å². The zero-order valence-corrected chi connectivity index (χ0v) is 20.0. The predicted octanol–water partition coefficient (Wildman–Crippen LogP) is 5.44. The maximum atomic E-state index is 6.04. The van der Waals surface area contributed by atoms with Crippen molar-refractivity contribution in [1.29, 1.82) is 0 Å². The van der Waals surface area contributed by atoms with Gasteiger partial charge in [-0.05, 0) is 31.3 Å². The summed E-state index contributed by atoms with van der Waals surface area (Å²) in [6.45, 7) is 4.88. The van der Waals surface area contributed by atoms with Crippen LogP contribution in [0.25, 0.3) is 22.2 Å². The van der Waals surface area contributed by atoms with E-state index in [2.05, 4.69) is 27.1 Å².